The standard InChI is InChI=1S/C14H17F3N2O/c15-14(16,17)10-5-6-12(18)11(8-10)13(20)19-7-1-2-9-3-4-9/h5-6,8-9H,1-4,7,18H2,(H,19,20). The topological polar surface area (TPSA) is 55.1 Å². The van der Waals surface area contributed by atoms with Crippen LogP contribution in [0.25, 0.3) is 0 Å². The van der Waals surface area contributed by atoms with Gasteiger partial charge in [-0.25, -0.2) is 0 Å². The number of alkyl halides is 3. The Morgan fingerprint density at radius 1 is 1.35 bits per heavy atom. The maximum atomic E-state index is 12.6. The minimum atomic E-state index is -4.48. The molecule has 1 fully saturated rings. The number of anilines is 1. The first-order valence-electron chi connectivity index (χ1n) is 6.63. The molecule has 6 heteroatoms. The molecule has 0 saturated heterocycles. The summed E-state index contributed by atoms with van der Waals surface area (Å²) in [4.78, 5) is 11.8. The van der Waals surface area contributed by atoms with E-state index in [2.05, 4.69) is 5.32 Å². The molecule has 1 saturated carbocycles. The number of nitrogen functional groups attached to an aromatic ring is 1. The van der Waals surface area contributed by atoms with E-state index in [4.69, 9.17) is 5.73 Å². The van der Waals surface area contributed by atoms with Crippen molar-refractivity contribution in [3.8, 4) is 0 Å². The third-order valence-corrected chi connectivity index (χ3v) is 3.40. The van der Waals surface area contributed by atoms with Crippen molar-refractivity contribution < 1.29 is 18.0 Å². The highest BCUT2D eigenvalue weighted by atomic mass is 19.4. The molecule has 0 spiro atoms. The van der Waals surface area contributed by atoms with E-state index in [0.29, 0.717) is 6.54 Å². The van der Waals surface area contributed by atoms with Crippen molar-refractivity contribution in [1.29, 1.82) is 0 Å². The van der Waals surface area contributed by atoms with Gasteiger partial charge in [-0.15, -0.1) is 0 Å². The van der Waals surface area contributed by atoms with Crippen LogP contribution in [-0.2, 0) is 6.18 Å². The van der Waals surface area contributed by atoms with Crippen LogP contribution < -0.4 is 11.1 Å². The number of carbonyl (C=O) groups excluding carboxylic acids is 1. The van der Waals surface area contributed by atoms with Crippen molar-refractivity contribution in [2.75, 3.05) is 12.3 Å². The number of nitrogens with two attached hydrogens (primary N) is 1. The molecule has 0 atom stereocenters. The second kappa shape index (κ2) is 5.73. The Balaban J connectivity index is 1.96. The summed E-state index contributed by atoms with van der Waals surface area (Å²) in [7, 11) is 0. The Morgan fingerprint density at radius 3 is 2.65 bits per heavy atom. The Morgan fingerprint density at radius 2 is 2.05 bits per heavy atom. The second-order valence-corrected chi connectivity index (χ2v) is 5.14. The van der Waals surface area contributed by atoms with E-state index in [1.54, 1.807) is 0 Å². The highest BCUT2D eigenvalue weighted by molar-refractivity contribution is 5.99. The maximum Gasteiger partial charge on any atom is 0.416 e. The molecule has 0 aliphatic heterocycles. The van der Waals surface area contributed by atoms with Gasteiger partial charge < -0.3 is 11.1 Å². The SMILES string of the molecule is Nc1ccc(C(F)(F)F)cc1C(=O)NCCCC1CC1. The second-order valence-electron chi connectivity index (χ2n) is 5.14. The molecule has 1 aromatic carbocycles. The number of amides is 1. The van der Waals surface area contributed by atoms with Crippen LogP contribution in [0.1, 0.15) is 41.6 Å². The van der Waals surface area contributed by atoms with Crippen molar-refractivity contribution in [2.45, 2.75) is 31.9 Å². The Hall–Kier alpha value is -1.72. The highest BCUT2D eigenvalue weighted by Gasteiger charge is 2.31. The summed E-state index contributed by atoms with van der Waals surface area (Å²) in [5, 5.41) is 2.62. The number of halogens is 3. The molecule has 0 aromatic heterocycles. The molecule has 3 nitrogen and oxygen atoms in total. The number of hydrogen-bond donors (Lipinski definition) is 2. The van der Waals surface area contributed by atoms with Crippen molar-refractivity contribution >= 4 is 11.6 Å². The predicted octanol–water partition coefficient (Wildman–Crippen LogP) is 3.21. The summed E-state index contributed by atoms with van der Waals surface area (Å²) in [5.74, 6) is 0.218. The third-order valence-electron chi connectivity index (χ3n) is 3.40. The lowest BCUT2D eigenvalue weighted by molar-refractivity contribution is -0.137. The summed E-state index contributed by atoms with van der Waals surface area (Å²) in [5.41, 5.74) is 4.64. The van der Waals surface area contributed by atoms with Crippen LogP contribution in [0.3, 0.4) is 0 Å². The van der Waals surface area contributed by atoms with Crippen LogP contribution >= 0.6 is 0 Å². The first kappa shape index (κ1) is 14.7. The van der Waals surface area contributed by atoms with E-state index >= 15 is 0 Å². The van der Waals surface area contributed by atoms with Gasteiger partial charge in [-0.3, -0.25) is 4.79 Å². The normalized spacial score (nSPS) is 15.2. The molecule has 1 aliphatic carbocycles. The van der Waals surface area contributed by atoms with Gasteiger partial charge in [-0.05, 0) is 37.0 Å². The number of nitrogens with one attached hydrogen (secondary N) is 1. The van der Waals surface area contributed by atoms with E-state index in [9.17, 15) is 18.0 Å². The summed E-state index contributed by atoms with van der Waals surface area (Å²) in [6, 6.07) is 2.78. The Kier molecular flexibility index (Phi) is 4.20. The monoisotopic (exact) mass is 286 g/mol. The average molecular weight is 286 g/mol. The number of benzene rings is 1. The maximum absolute atomic E-state index is 12.6. The molecule has 2 rings (SSSR count). The molecular weight excluding hydrogens is 269 g/mol. The summed E-state index contributed by atoms with van der Waals surface area (Å²) < 4.78 is 37.8. The zero-order valence-corrected chi connectivity index (χ0v) is 11.0. The zero-order valence-electron chi connectivity index (χ0n) is 11.0. The van der Waals surface area contributed by atoms with Crippen LogP contribution in [0.4, 0.5) is 18.9 Å². The fraction of sp³-hybridized carbons (Fsp3) is 0.500. The average Bonchev–Trinajstić information content (AvgIpc) is 3.17. The van der Waals surface area contributed by atoms with Gasteiger partial charge in [0.05, 0.1) is 11.1 Å². The smallest absolute Gasteiger partial charge is 0.398 e. The van der Waals surface area contributed by atoms with Gasteiger partial charge >= 0.3 is 6.18 Å². The third kappa shape index (κ3) is 3.88. The molecule has 0 unspecified atom stereocenters. The minimum Gasteiger partial charge on any atom is -0.398 e. The Bertz CT molecular complexity index is 496. The molecule has 0 bridgehead atoms. The predicted molar refractivity (Wildman–Crippen MR) is 70.1 cm³/mol. The molecule has 1 aromatic rings. The molecular formula is C14H17F3N2O. The van der Waals surface area contributed by atoms with E-state index < -0.39 is 17.6 Å². The Labute approximate surface area is 115 Å². The van der Waals surface area contributed by atoms with E-state index in [1.807, 2.05) is 0 Å². The zero-order chi connectivity index (χ0) is 14.8. The number of carbonyl (C=O) groups is 1. The van der Waals surface area contributed by atoms with E-state index in [0.717, 1.165) is 37.0 Å². The minimum absolute atomic E-state index is 0.0534. The van der Waals surface area contributed by atoms with Gasteiger partial charge in [0, 0.05) is 12.2 Å². The molecule has 1 aliphatic rings. The van der Waals surface area contributed by atoms with Crippen molar-refractivity contribution in [2.24, 2.45) is 5.92 Å². The lowest BCUT2D eigenvalue weighted by Gasteiger charge is -2.11. The molecule has 1 amide bonds. The van der Waals surface area contributed by atoms with Gasteiger partial charge in [0.25, 0.3) is 5.91 Å². The van der Waals surface area contributed by atoms with Crippen molar-refractivity contribution in [1.82, 2.24) is 5.32 Å². The first-order valence-corrected chi connectivity index (χ1v) is 6.63. The number of hydrogen-bond acceptors (Lipinski definition) is 2. The summed E-state index contributed by atoms with van der Waals surface area (Å²) in [6.07, 6.45) is -0.0919. The van der Waals surface area contributed by atoms with Crippen molar-refractivity contribution in [3.63, 3.8) is 0 Å². The fourth-order valence-corrected chi connectivity index (χ4v) is 2.02. The molecule has 0 radical (unpaired) electrons. The van der Waals surface area contributed by atoms with E-state index in [-0.39, 0.29) is 11.3 Å². The lowest BCUT2D eigenvalue weighted by atomic mass is 10.1. The van der Waals surface area contributed by atoms with Gasteiger partial charge in [-0.2, -0.15) is 13.2 Å². The van der Waals surface area contributed by atoms with Crippen LogP contribution in [-0.4, -0.2) is 12.5 Å². The quantitative estimate of drug-likeness (QED) is 0.645. The highest BCUT2D eigenvalue weighted by Crippen LogP contribution is 2.33. The molecule has 20 heavy (non-hydrogen) atoms. The molecule has 110 valence electrons. The van der Waals surface area contributed by atoms with Gasteiger partial charge in [-0.1, -0.05) is 12.8 Å². The van der Waals surface area contributed by atoms with Gasteiger partial charge in [0.2, 0.25) is 0 Å². The largest absolute Gasteiger partial charge is 0.416 e. The van der Waals surface area contributed by atoms with E-state index in [1.165, 1.54) is 12.8 Å². The summed E-state index contributed by atoms with van der Waals surface area (Å²) >= 11 is 0. The van der Waals surface area contributed by atoms with Gasteiger partial charge in [0.15, 0.2) is 0 Å². The molecule has 0 heterocycles. The first-order chi connectivity index (χ1) is 9.38. The lowest BCUT2D eigenvalue weighted by Crippen LogP contribution is -2.26. The van der Waals surface area contributed by atoms with Gasteiger partial charge in [0.1, 0.15) is 0 Å². The van der Waals surface area contributed by atoms with Crippen molar-refractivity contribution in [3.05, 3.63) is 29.3 Å². The summed E-state index contributed by atoms with van der Waals surface area (Å²) in [6.45, 7) is 0.463. The van der Waals surface area contributed by atoms with Crippen LogP contribution in [0.5, 0.6) is 0 Å². The van der Waals surface area contributed by atoms with Crippen LogP contribution in [0.2, 0.25) is 0 Å². The fourth-order valence-electron chi connectivity index (χ4n) is 2.02. The van der Waals surface area contributed by atoms with Crippen LogP contribution in [0.15, 0.2) is 18.2 Å². The van der Waals surface area contributed by atoms with Crippen LogP contribution in [0, 0.1) is 5.92 Å². The number of rotatable bonds is 5. The molecule has 3 N–H and O–H groups in total.